The van der Waals surface area contributed by atoms with Crippen molar-refractivity contribution >= 4 is 45.4 Å². The third kappa shape index (κ3) is 5.16. The van der Waals surface area contributed by atoms with Crippen LogP contribution >= 0.6 is 27.5 Å². The third-order valence-electron chi connectivity index (χ3n) is 4.64. The highest BCUT2D eigenvalue weighted by atomic mass is 79.9. The summed E-state index contributed by atoms with van der Waals surface area (Å²) in [6.45, 7) is 1.57. The van der Waals surface area contributed by atoms with Crippen LogP contribution < -0.4 is 4.74 Å². The van der Waals surface area contributed by atoms with Gasteiger partial charge in [0.1, 0.15) is 11.6 Å². The molecule has 0 atom stereocenters. The van der Waals surface area contributed by atoms with Gasteiger partial charge >= 0.3 is 0 Å². The maximum atomic E-state index is 13.2. The summed E-state index contributed by atoms with van der Waals surface area (Å²) in [5, 5.41) is 0.0828. The first-order valence-electron chi connectivity index (χ1n) is 8.94. The minimum Gasteiger partial charge on any atom is -0.496 e. The smallest absolute Gasteiger partial charge is 0.255 e. The number of carbonyl (C=O) groups is 2. The molecule has 3 rings (SSSR count). The topological polar surface area (TPSA) is 49.9 Å². The van der Waals surface area contributed by atoms with Gasteiger partial charge < -0.3 is 14.5 Å². The van der Waals surface area contributed by atoms with Crippen LogP contribution in [0.15, 0.2) is 46.9 Å². The normalized spacial score (nSPS) is 14.3. The molecule has 2 aromatic rings. The molecular formula is C21H19BrClFN2O3. The Morgan fingerprint density at radius 2 is 1.79 bits per heavy atom. The fourth-order valence-corrected chi connectivity index (χ4v) is 3.69. The summed E-state index contributed by atoms with van der Waals surface area (Å²) in [7, 11) is 1.58. The van der Waals surface area contributed by atoms with Crippen LogP contribution in [0, 0.1) is 5.82 Å². The van der Waals surface area contributed by atoms with Gasteiger partial charge in [0.15, 0.2) is 0 Å². The molecule has 0 N–H and O–H groups in total. The molecule has 0 unspecified atom stereocenters. The lowest BCUT2D eigenvalue weighted by Gasteiger charge is -2.34. The molecular weight excluding hydrogens is 463 g/mol. The van der Waals surface area contributed by atoms with Gasteiger partial charge in [-0.05, 0) is 42.5 Å². The predicted molar refractivity (Wildman–Crippen MR) is 114 cm³/mol. The summed E-state index contributed by atoms with van der Waals surface area (Å²) < 4.78 is 19.4. The van der Waals surface area contributed by atoms with Crippen molar-refractivity contribution in [2.45, 2.75) is 0 Å². The van der Waals surface area contributed by atoms with E-state index < -0.39 is 5.82 Å². The molecule has 5 nitrogen and oxygen atoms in total. The van der Waals surface area contributed by atoms with Gasteiger partial charge in [-0.25, -0.2) is 4.39 Å². The largest absolute Gasteiger partial charge is 0.496 e. The van der Waals surface area contributed by atoms with Gasteiger partial charge in [0.05, 0.1) is 17.7 Å². The van der Waals surface area contributed by atoms with Crippen molar-refractivity contribution in [1.29, 1.82) is 0 Å². The lowest BCUT2D eigenvalue weighted by molar-refractivity contribution is -0.127. The first-order chi connectivity index (χ1) is 13.9. The van der Waals surface area contributed by atoms with Crippen LogP contribution in [-0.2, 0) is 4.79 Å². The number of carbonyl (C=O) groups excluding carboxylic acids is 2. The lowest BCUT2D eigenvalue weighted by atomic mass is 10.1. The van der Waals surface area contributed by atoms with Gasteiger partial charge in [-0.15, -0.1) is 0 Å². The van der Waals surface area contributed by atoms with Gasteiger partial charge in [-0.1, -0.05) is 27.5 Å². The fraction of sp³-hybridized carbons (Fsp3) is 0.238. The highest BCUT2D eigenvalue weighted by molar-refractivity contribution is 9.10. The van der Waals surface area contributed by atoms with E-state index in [4.69, 9.17) is 16.3 Å². The van der Waals surface area contributed by atoms with E-state index in [1.165, 1.54) is 18.2 Å². The highest BCUT2D eigenvalue weighted by Crippen LogP contribution is 2.24. The van der Waals surface area contributed by atoms with E-state index in [1.54, 1.807) is 23.0 Å². The quantitative estimate of drug-likeness (QED) is 0.614. The Bertz CT molecular complexity index is 959. The van der Waals surface area contributed by atoms with Crippen molar-refractivity contribution in [1.82, 2.24) is 9.80 Å². The van der Waals surface area contributed by atoms with E-state index in [9.17, 15) is 14.0 Å². The zero-order chi connectivity index (χ0) is 21.0. The maximum absolute atomic E-state index is 13.2. The molecule has 0 aromatic heterocycles. The van der Waals surface area contributed by atoms with Crippen LogP contribution in [0.3, 0.4) is 0 Å². The van der Waals surface area contributed by atoms with Crippen molar-refractivity contribution in [2.24, 2.45) is 0 Å². The van der Waals surface area contributed by atoms with Crippen LogP contribution in [-0.4, -0.2) is 54.9 Å². The molecule has 1 aliphatic heterocycles. The van der Waals surface area contributed by atoms with Crippen molar-refractivity contribution in [2.75, 3.05) is 33.3 Å². The predicted octanol–water partition coefficient (Wildman–Crippen LogP) is 4.25. The van der Waals surface area contributed by atoms with Crippen molar-refractivity contribution in [3.05, 3.63) is 68.9 Å². The number of amides is 2. The Labute approximate surface area is 181 Å². The van der Waals surface area contributed by atoms with Crippen LogP contribution in [0.2, 0.25) is 5.02 Å². The average Bonchev–Trinajstić information content (AvgIpc) is 2.72. The Morgan fingerprint density at radius 1 is 1.10 bits per heavy atom. The number of halogens is 3. The molecule has 1 heterocycles. The summed E-state index contributed by atoms with van der Waals surface area (Å²) in [5.74, 6) is -0.227. The van der Waals surface area contributed by atoms with Crippen LogP contribution in [0.1, 0.15) is 15.9 Å². The van der Waals surface area contributed by atoms with Gasteiger partial charge in [0.2, 0.25) is 5.91 Å². The Balaban J connectivity index is 1.61. The maximum Gasteiger partial charge on any atom is 0.255 e. The van der Waals surface area contributed by atoms with Gasteiger partial charge in [0.25, 0.3) is 5.91 Å². The first-order valence-corrected chi connectivity index (χ1v) is 10.1. The second-order valence-electron chi connectivity index (χ2n) is 6.46. The number of methoxy groups -OCH3 is 1. The van der Waals surface area contributed by atoms with Crippen LogP contribution in [0.4, 0.5) is 4.39 Å². The summed E-state index contributed by atoms with van der Waals surface area (Å²) >= 11 is 9.39. The summed E-state index contributed by atoms with van der Waals surface area (Å²) in [5.41, 5.74) is 1.05. The fourth-order valence-electron chi connectivity index (χ4n) is 3.07. The molecule has 0 spiro atoms. The van der Waals surface area contributed by atoms with Crippen LogP contribution in [0.25, 0.3) is 6.08 Å². The molecule has 0 aliphatic carbocycles. The standard InChI is InChI=1S/C21H19BrClFN2O3/c1-29-19-6-3-15(22)12-14(19)2-7-20(27)25-8-10-26(11-9-25)21(28)17-5-4-16(24)13-18(17)23/h2-7,12-13H,8-11H2,1H3/b7-2+. The zero-order valence-electron chi connectivity index (χ0n) is 15.7. The number of ether oxygens (including phenoxy) is 1. The van der Waals surface area contributed by atoms with Crippen molar-refractivity contribution < 1.29 is 18.7 Å². The molecule has 8 heteroatoms. The third-order valence-corrected chi connectivity index (χ3v) is 5.44. The van der Waals surface area contributed by atoms with Gasteiger partial charge in [-0.2, -0.15) is 0 Å². The number of rotatable bonds is 4. The molecule has 152 valence electrons. The van der Waals surface area contributed by atoms with E-state index in [1.807, 2.05) is 18.2 Å². The number of nitrogens with zero attached hydrogens (tertiary/aromatic N) is 2. The molecule has 0 saturated carbocycles. The number of benzene rings is 2. The summed E-state index contributed by atoms with van der Waals surface area (Å²) in [6, 6.07) is 9.26. The second-order valence-corrected chi connectivity index (χ2v) is 7.78. The summed E-state index contributed by atoms with van der Waals surface area (Å²) in [6.07, 6.45) is 3.21. The average molecular weight is 482 g/mol. The molecule has 2 aromatic carbocycles. The highest BCUT2D eigenvalue weighted by Gasteiger charge is 2.25. The lowest BCUT2D eigenvalue weighted by Crippen LogP contribution is -2.50. The monoisotopic (exact) mass is 480 g/mol. The molecule has 1 aliphatic rings. The van der Waals surface area contributed by atoms with Crippen LogP contribution in [0.5, 0.6) is 5.75 Å². The number of hydrogen-bond acceptors (Lipinski definition) is 3. The molecule has 2 amide bonds. The van der Waals surface area contributed by atoms with Gasteiger partial charge in [-0.3, -0.25) is 9.59 Å². The molecule has 0 bridgehead atoms. The number of piperazine rings is 1. The first kappa shape index (κ1) is 21.3. The van der Waals surface area contributed by atoms with Crippen molar-refractivity contribution in [3.63, 3.8) is 0 Å². The van der Waals surface area contributed by atoms with E-state index in [0.717, 1.165) is 16.1 Å². The Kier molecular flexibility index (Phi) is 6.92. The molecule has 1 saturated heterocycles. The van der Waals surface area contributed by atoms with E-state index in [0.29, 0.717) is 31.9 Å². The SMILES string of the molecule is COc1ccc(Br)cc1/C=C/C(=O)N1CCN(C(=O)c2ccc(F)cc2Cl)CC1. The Hall–Kier alpha value is -2.38. The molecule has 1 fully saturated rings. The molecule has 0 radical (unpaired) electrons. The van der Waals surface area contributed by atoms with E-state index >= 15 is 0 Å². The van der Waals surface area contributed by atoms with E-state index in [-0.39, 0.29) is 22.4 Å². The number of hydrogen-bond donors (Lipinski definition) is 0. The minimum absolute atomic E-state index is 0.0828. The van der Waals surface area contributed by atoms with E-state index in [2.05, 4.69) is 15.9 Å². The van der Waals surface area contributed by atoms with Gasteiger partial charge in [0, 0.05) is 42.3 Å². The molecule has 29 heavy (non-hydrogen) atoms. The second kappa shape index (κ2) is 9.41. The van der Waals surface area contributed by atoms with Crippen molar-refractivity contribution in [3.8, 4) is 5.75 Å². The Morgan fingerprint density at radius 3 is 2.45 bits per heavy atom. The zero-order valence-corrected chi connectivity index (χ0v) is 18.0. The minimum atomic E-state index is -0.490. The summed E-state index contributed by atoms with van der Waals surface area (Å²) in [4.78, 5) is 28.4.